The van der Waals surface area contributed by atoms with Gasteiger partial charge in [-0.2, -0.15) is 26.3 Å². The molecule has 1 amide bonds. The first-order valence-corrected chi connectivity index (χ1v) is 13.3. The molecule has 12 heteroatoms. The Bertz CT molecular complexity index is 1050. The fourth-order valence-electron chi connectivity index (χ4n) is 4.37. The van der Waals surface area contributed by atoms with Crippen molar-refractivity contribution in [1.29, 1.82) is 0 Å². The molecule has 2 aliphatic rings. The summed E-state index contributed by atoms with van der Waals surface area (Å²) in [6, 6.07) is 1.81. The number of rotatable bonds is 9. The van der Waals surface area contributed by atoms with E-state index in [1.807, 2.05) is 23.1 Å². The molecule has 0 radical (unpaired) electrons. The van der Waals surface area contributed by atoms with Crippen molar-refractivity contribution in [3.63, 3.8) is 0 Å². The first kappa shape index (κ1) is 30.2. The number of alkyl halides is 6. The van der Waals surface area contributed by atoms with Crippen LogP contribution >= 0.6 is 11.8 Å². The number of piperidine rings is 1. The Kier molecular flexibility index (Phi) is 10.5. The summed E-state index contributed by atoms with van der Waals surface area (Å²) >= 11 is 1.07. The molecular formula is C26H32F6N4OS. The minimum Gasteiger partial charge on any atom is -0.300 e. The van der Waals surface area contributed by atoms with Gasteiger partial charge in [-0.15, -0.1) is 0 Å². The number of likely N-dealkylation sites (tertiary alicyclic amines) is 1. The monoisotopic (exact) mass is 562 g/mol. The number of nitrogens with one attached hydrogen (secondary N) is 1. The van der Waals surface area contributed by atoms with E-state index >= 15 is 0 Å². The van der Waals surface area contributed by atoms with E-state index in [4.69, 9.17) is 0 Å². The van der Waals surface area contributed by atoms with Crippen LogP contribution in [0.15, 0.2) is 46.3 Å². The van der Waals surface area contributed by atoms with Gasteiger partial charge in [0.2, 0.25) is 0 Å². The lowest BCUT2D eigenvalue weighted by Gasteiger charge is -2.31. The van der Waals surface area contributed by atoms with Gasteiger partial charge in [-0.1, -0.05) is 38.1 Å². The number of halogens is 6. The zero-order valence-electron chi connectivity index (χ0n) is 21.3. The number of aliphatic imine (C=N–C) groups is 1. The highest BCUT2D eigenvalue weighted by Gasteiger charge is 2.38. The van der Waals surface area contributed by atoms with Crippen LogP contribution in [0.3, 0.4) is 0 Å². The second-order valence-corrected chi connectivity index (χ2v) is 10.2. The number of amidine groups is 1. The Balaban J connectivity index is 1.60. The summed E-state index contributed by atoms with van der Waals surface area (Å²) in [7, 11) is 0. The largest absolute Gasteiger partial charge is 0.416 e. The molecule has 1 aromatic carbocycles. The van der Waals surface area contributed by atoms with Gasteiger partial charge in [-0.05, 0) is 74.4 Å². The fourth-order valence-corrected chi connectivity index (χ4v) is 5.19. The number of amides is 1. The van der Waals surface area contributed by atoms with Gasteiger partial charge in [0.1, 0.15) is 5.84 Å². The van der Waals surface area contributed by atoms with E-state index in [1.165, 1.54) is 0 Å². The van der Waals surface area contributed by atoms with Gasteiger partial charge in [0.15, 0.2) is 0 Å². The van der Waals surface area contributed by atoms with Gasteiger partial charge in [0, 0.05) is 13.1 Å². The second kappa shape index (κ2) is 13.2. The number of carbonyl (C=O) groups excluding carboxylic acids is 1. The Morgan fingerprint density at radius 1 is 1.08 bits per heavy atom. The minimum atomic E-state index is -4.88. The third kappa shape index (κ3) is 8.60. The zero-order valence-corrected chi connectivity index (χ0v) is 22.1. The van der Waals surface area contributed by atoms with Crippen molar-refractivity contribution >= 4 is 22.8 Å². The van der Waals surface area contributed by atoms with E-state index in [9.17, 15) is 31.1 Å². The first-order chi connectivity index (χ1) is 17.9. The Morgan fingerprint density at radius 2 is 1.76 bits per heavy atom. The molecule has 0 aliphatic carbocycles. The molecule has 210 valence electrons. The van der Waals surface area contributed by atoms with Crippen LogP contribution in [0.2, 0.25) is 0 Å². The molecule has 1 N–H and O–H groups in total. The molecule has 2 saturated heterocycles. The molecule has 0 saturated carbocycles. The summed E-state index contributed by atoms with van der Waals surface area (Å²) in [5, 5.41) is 2.55. The Hall–Kier alpha value is -2.31. The Labute approximate surface area is 223 Å². The number of likely N-dealkylation sites (N-methyl/N-ethyl adjacent to an activating group) is 1. The van der Waals surface area contributed by atoms with Crippen LogP contribution in [-0.2, 0) is 18.9 Å². The lowest BCUT2D eigenvalue weighted by molar-refractivity contribution is -0.143. The van der Waals surface area contributed by atoms with Gasteiger partial charge in [-0.25, -0.2) is 0 Å². The molecule has 38 heavy (non-hydrogen) atoms. The quantitative estimate of drug-likeness (QED) is 0.273. The summed E-state index contributed by atoms with van der Waals surface area (Å²) in [5.41, 5.74) is -2.74. The van der Waals surface area contributed by atoms with Crippen molar-refractivity contribution in [2.75, 3.05) is 39.3 Å². The van der Waals surface area contributed by atoms with Crippen LogP contribution in [0.25, 0.3) is 0 Å². The van der Waals surface area contributed by atoms with Crippen LogP contribution in [0.5, 0.6) is 0 Å². The number of nitrogens with zero attached hydrogens (tertiary/aromatic N) is 3. The molecule has 0 unspecified atom stereocenters. The van der Waals surface area contributed by atoms with E-state index in [1.54, 1.807) is 0 Å². The smallest absolute Gasteiger partial charge is 0.300 e. The fraction of sp³-hybridized carbons (Fsp3) is 0.538. The molecule has 0 aromatic heterocycles. The van der Waals surface area contributed by atoms with Crippen molar-refractivity contribution in [1.82, 2.24) is 15.1 Å². The number of benzene rings is 1. The van der Waals surface area contributed by atoms with Gasteiger partial charge < -0.3 is 10.2 Å². The van der Waals surface area contributed by atoms with Gasteiger partial charge in [0.25, 0.3) is 5.24 Å². The van der Waals surface area contributed by atoms with Crippen LogP contribution in [-0.4, -0.2) is 60.1 Å². The maximum atomic E-state index is 13.5. The molecule has 0 spiro atoms. The first-order valence-electron chi connectivity index (χ1n) is 12.5. The minimum absolute atomic E-state index is 0.0857. The van der Waals surface area contributed by atoms with E-state index in [-0.39, 0.29) is 29.3 Å². The molecular weight excluding hydrogens is 530 g/mol. The number of allylic oxidation sites excluding steroid dienone is 1. The van der Waals surface area contributed by atoms with Crippen molar-refractivity contribution < 1.29 is 31.1 Å². The summed E-state index contributed by atoms with van der Waals surface area (Å²) in [5.74, 6) is 0.633. The van der Waals surface area contributed by atoms with Crippen LogP contribution in [0, 0.1) is 5.92 Å². The highest BCUT2D eigenvalue weighted by atomic mass is 32.2. The van der Waals surface area contributed by atoms with Crippen LogP contribution < -0.4 is 5.32 Å². The predicted octanol–water partition coefficient (Wildman–Crippen LogP) is 6.57. The van der Waals surface area contributed by atoms with Crippen molar-refractivity contribution in [3.05, 3.63) is 58.0 Å². The zero-order chi connectivity index (χ0) is 27.9. The molecule has 2 aliphatic heterocycles. The predicted molar refractivity (Wildman–Crippen MR) is 138 cm³/mol. The highest BCUT2D eigenvalue weighted by Crippen LogP contribution is 2.38. The van der Waals surface area contributed by atoms with E-state index < -0.39 is 23.5 Å². The van der Waals surface area contributed by atoms with Crippen molar-refractivity contribution in [2.45, 2.75) is 45.6 Å². The summed E-state index contributed by atoms with van der Waals surface area (Å²) < 4.78 is 79.3. The second-order valence-electron chi connectivity index (χ2n) is 9.17. The van der Waals surface area contributed by atoms with Crippen molar-refractivity contribution in [3.8, 4) is 0 Å². The SMILES string of the molecule is CCN(CC)C/C=C\CN=C1NC(=O)S/C1=C\C1CCN(Cc2ccc(C(F)(F)F)cc2C(F)(F)F)CC1. The van der Waals surface area contributed by atoms with Crippen molar-refractivity contribution in [2.24, 2.45) is 10.9 Å². The normalized spacial score (nSPS) is 20.4. The molecule has 5 nitrogen and oxygen atoms in total. The average Bonchev–Trinajstić information content (AvgIpc) is 3.20. The molecule has 0 bridgehead atoms. The molecule has 2 heterocycles. The average molecular weight is 563 g/mol. The number of hydrogen-bond donors (Lipinski definition) is 1. The maximum Gasteiger partial charge on any atom is 0.416 e. The standard InChI is InChI=1S/C26H32F6N4OS/c1-3-35(4-2)12-6-5-11-33-23-22(38-24(37)34-23)15-18-9-13-36(14-10-18)17-19-7-8-20(25(27,28)29)16-21(19)26(30,31)32/h5-8,15-16,18H,3-4,9-14,17H2,1-2H3,(H,33,34,37)/b6-5-,22-15-. The molecule has 1 aromatic rings. The van der Waals surface area contributed by atoms with E-state index in [2.05, 4.69) is 29.1 Å². The maximum absolute atomic E-state index is 13.5. The topological polar surface area (TPSA) is 47.9 Å². The summed E-state index contributed by atoms with van der Waals surface area (Å²) in [6.07, 6.45) is -2.45. The highest BCUT2D eigenvalue weighted by molar-refractivity contribution is 8.18. The number of thioether (sulfide) groups is 1. The van der Waals surface area contributed by atoms with Crippen LogP contribution in [0.4, 0.5) is 31.1 Å². The third-order valence-electron chi connectivity index (χ3n) is 6.59. The summed E-state index contributed by atoms with van der Waals surface area (Å²) in [6.45, 7) is 8.26. The summed E-state index contributed by atoms with van der Waals surface area (Å²) in [4.78, 5) is 21.3. The van der Waals surface area contributed by atoms with Crippen LogP contribution in [0.1, 0.15) is 43.4 Å². The molecule has 3 rings (SSSR count). The van der Waals surface area contributed by atoms with Gasteiger partial charge in [-0.3, -0.25) is 14.7 Å². The molecule has 0 atom stereocenters. The number of hydrogen-bond acceptors (Lipinski definition) is 5. The molecule has 2 fully saturated rings. The van der Waals surface area contributed by atoms with Gasteiger partial charge >= 0.3 is 12.4 Å². The van der Waals surface area contributed by atoms with E-state index in [0.29, 0.717) is 44.4 Å². The lowest BCUT2D eigenvalue weighted by Crippen LogP contribution is -2.33. The number of carbonyl (C=O) groups is 1. The third-order valence-corrected chi connectivity index (χ3v) is 7.43. The van der Waals surface area contributed by atoms with Gasteiger partial charge in [0.05, 0.1) is 22.6 Å². The van der Waals surface area contributed by atoms with E-state index in [0.717, 1.165) is 42.4 Å². The lowest BCUT2D eigenvalue weighted by atomic mass is 9.95. The Morgan fingerprint density at radius 3 is 2.37 bits per heavy atom.